The Bertz CT molecular complexity index is 579. The van der Waals surface area contributed by atoms with Crippen molar-refractivity contribution in [1.29, 1.82) is 0 Å². The fraction of sp³-hybridized carbons (Fsp3) is 0.500. The van der Waals surface area contributed by atoms with Gasteiger partial charge in [0.15, 0.2) is 0 Å². The third-order valence-corrected chi connectivity index (χ3v) is 4.52. The molecule has 0 radical (unpaired) electrons. The van der Waals surface area contributed by atoms with Crippen molar-refractivity contribution in [2.75, 3.05) is 7.05 Å². The van der Waals surface area contributed by atoms with E-state index in [1.807, 2.05) is 30.3 Å². The molecule has 1 aromatic rings. The predicted octanol–water partition coefficient (Wildman–Crippen LogP) is 1.45. The third kappa shape index (κ3) is 5.11. The first-order valence-corrected chi connectivity index (χ1v) is 7.98. The summed E-state index contributed by atoms with van der Waals surface area (Å²) >= 11 is 0. The van der Waals surface area contributed by atoms with E-state index in [0.29, 0.717) is 0 Å². The molecule has 0 saturated carbocycles. The van der Waals surface area contributed by atoms with Crippen LogP contribution in [0.4, 0.5) is 0 Å². The first-order chi connectivity index (χ1) is 9.54. The summed E-state index contributed by atoms with van der Waals surface area (Å²) in [6, 6.07) is 7.91. The van der Waals surface area contributed by atoms with E-state index in [0.717, 1.165) is 9.87 Å². The number of hydrogen-bond acceptors (Lipinski definition) is 3. The summed E-state index contributed by atoms with van der Waals surface area (Å²) in [6.45, 7) is 5.19. The number of hydrogen-bond donors (Lipinski definition) is 2. The second-order valence-corrected chi connectivity index (χ2v) is 7.81. The Morgan fingerprint density at radius 3 is 2.24 bits per heavy atom. The largest absolute Gasteiger partial charge is 0.480 e. The molecule has 0 aliphatic rings. The van der Waals surface area contributed by atoms with Crippen molar-refractivity contribution in [2.24, 2.45) is 5.41 Å². The smallest absolute Gasteiger partial charge is 0.322 e. The number of aliphatic carboxylic acids is 1. The molecule has 0 aliphatic carbocycles. The topological polar surface area (TPSA) is 86.7 Å². The average Bonchev–Trinajstić information content (AvgIpc) is 2.35. The van der Waals surface area contributed by atoms with Crippen molar-refractivity contribution in [3.05, 3.63) is 35.9 Å². The van der Waals surface area contributed by atoms with Gasteiger partial charge in [0.25, 0.3) is 10.2 Å². The molecule has 0 aliphatic heterocycles. The Morgan fingerprint density at radius 2 is 1.81 bits per heavy atom. The molecule has 1 unspecified atom stereocenters. The van der Waals surface area contributed by atoms with Crippen molar-refractivity contribution in [3.63, 3.8) is 0 Å². The van der Waals surface area contributed by atoms with Gasteiger partial charge in [-0.1, -0.05) is 51.1 Å². The van der Waals surface area contributed by atoms with E-state index < -0.39 is 27.6 Å². The summed E-state index contributed by atoms with van der Waals surface area (Å²) < 4.78 is 27.8. The lowest BCUT2D eigenvalue weighted by Crippen LogP contribution is -2.52. The third-order valence-electron chi connectivity index (χ3n) is 3.04. The van der Waals surface area contributed by atoms with Gasteiger partial charge in [-0.25, -0.2) is 0 Å². The van der Waals surface area contributed by atoms with Crippen molar-refractivity contribution in [3.8, 4) is 0 Å². The molecule has 0 fully saturated rings. The van der Waals surface area contributed by atoms with Crippen molar-refractivity contribution in [2.45, 2.75) is 33.4 Å². The number of nitrogens with zero attached hydrogens (tertiary/aromatic N) is 1. The van der Waals surface area contributed by atoms with Crippen LogP contribution in [0.5, 0.6) is 0 Å². The summed E-state index contributed by atoms with van der Waals surface area (Å²) in [7, 11) is -2.47. The van der Waals surface area contributed by atoms with Crippen LogP contribution in [0, 0.1) is 5.41 Å². The van der Waals surface area contributed by atoms with Crippen LogP contribution in [0.15, 0.2) is 30.3 Å². The van der Waals surface area contributed by atoms with Gasteiger partial charge >= 0.3 is 5.97 Å². The zero-order chi connectivity index (χ0) is 16.3. The van der Waals surface area contributed by atoms with E-state index >= 15 is 0 Å². The van der Waals surface area contributed by atoms with E-state index in [1.54, 1.807) is 20.8 Å². The highest BCUT2D eigenvalue weighted by molar-refractivity contribution is 7.87. The molecule has 7 heteroatoms. The Kier molecular flexibility index (Phi) is 5.49. The Morgan fingerprint density at radius 1 is 1.29 bits per heavy atom. The molecular formula is C14H22N2O4S. The van der Waals surface area contributed by atoms with Crippen LogP contribution < -0.4 is 4.72 Å². The highest BCUT2D eigenvalue weighted by Gasteiger charge is 2.36. The summed E-state index contributed by atoms with van der Waals surface area (Å²) in [6.07, 6.45) is 0. The molecule has 1 atom stereocenters. The Hall–Kier alpha value is -1.44. The monoisotopic (exact) mass is 314 g/mol. The zero-order valence-electron chi connectivity index (χ0n) is 12.7. The maximum absolute atomic E-state index is 12.2. The van der Waals surface area contributed by atoms with Gasteiger partial charge < -0.3 is 5.11 Å². The average molecular weight is 314 g/mol. The number of nitrogens with one attached hydrogen (secondary N) is 1. The zero-order valence-corrected chi connectivity index (χ0v) is 13.5. The van der Waals surface area contributed by atoms with Crippen LogP contribution in [-0.4, -0.2) is 36.9 Å². The van der Waals surface area contributed by atoms with Gasteiger partial charge in [0.2, 0.25) is 0 Å². The van der Waals surface area contributed by atoms with Gasteiger partial charge in [0.05, 0.1) is 0 Å². The Labute approximate surface area is 126 Å². The van der Waals surface area contributed by atoms with Gasteiger partial charge in [-0.15, -0.1) is 0 Å². The van der Waals surface area contributed by atoms with Crippen LogP contribution in [0.3, 0.4) is 0 Å². The Balaban J connectivity index is 2.87. The number of carboxylic acid groups (broad SMARTS) is 1. The molecule has 21 heavy (non-hydrogen) atoms. The standard InChI is InChI=1S/C14H22N2O4S/c1-14(2,3)12(13(17)18)15-21(19,20)16(4)10-11-8-6-5-7-9-11/h5-9,12,15H,10H2,1-4H3,(H,17,18). The van der Waals surface area contributed by atoms with Gasteiger partial charge in [-0.2, -0.15) is 17.4 Å². The summed E-state index contributed by atoms with van der Waals surface area (Å²) in [5, 5.41) is 9.20. The van der Waals surface area contributed by atoms with Gasteiger partial charge in [0, 0.05) is 13.6 Å². The van der Waals surface area contributed by atoms with Crippen LogP contribution in [-0.2, 0) is 21.5 Å². The van der Waals surface area contributed by atoms with Crippen LogP contribution in [0.25, 0.3) is 0 Å². The molecule has 2 N–H and O–H groups in total. The predicted molar refractivity (Wildman–Crippen MR) is 80.8 cm³/mol. The minimum atomic E-state index is -3.88. The van der Waals surface area contributed by atoms with Gasteiger partial charge in [-0.05, 0) is 11.0 Å². The SMILES string of the molecule is CN(Cc1ccccc1)S(=O)(=O)NC(C(=O)O)C(C)(C)C. The summed E-state index contributed by atoms with van der Waals surface area (Å²) in [5.41, 5.74) is 0.0972. The van der Waals surface area contributed by atoms with E-state index in [1.165, 1.54) is 7.05 Å². The van der Waals surface area contributed by atoms with Gasteiger partial charge in [0.1, 0.15) is 6.04 Å². The fourth-order valence-electron chi connectivity index (χ4n) is 1.76. The highest BCUT2D eigenvalue weighted by Crippen LogP contribution is 2.21. The number of rotatable bonds is 6. The maximum atomic E-state index is 12.2. The summed E-state index contributed by atoms with van der Waals surface area (Å²) in [5.74, 6) is -1.20. The van der Waals surface area contributed by atoms with E-state index in [2.05, 4.69) is 4.72 Å². The number of carboxylic acids is 1. The van der Waals surface area contributed by atoms with Crippen LogP contribution in [0.2, 0.25) is 0 Å². The van der Waals surface area contributed by atoms with Crippen LogP contribution >= 0.6 is 0 Å². The van der Waals surface area contributed by atoms with E-state index in [4.69, 9.17) is 0 Å². The lowest BCUT2D eigenvalue weighted by Gasteiger charge is -2.29. The lowest BCUT2D eigenvalue weighted by molar-refractivity contribution is -0.141. The molecule has 0 aromatic heterocycles. The minimum Gasteiger partial charge on any atom is -0.480 e. The molecule has 0 amide bonds. The fourth-order valence-corrected chi connectivity index (χ4v) is 3.01. The minimum absolute atomic E-state index is 0.173. The molecule has 1 rings (SSSR count). The van der Waals surface area contributed by atoms with E-state index in [-0.39, 0.29) is 6.54 Å². The van der Waals surface area contributed by atoms with Crippen molar-refractivity contribution in [1.82, 2.24) is 9.03 Å². The molecule has 118 valence electrons. The molecule has 0 saturated heterocycles. The van der Waals surface area contributed by atoms with Crippen molar-refractivity contribution < 1.29 is 18.3 Å². The maximum Gasteiger partial charge on any atom is 0.322 e. The normalized spacial score (nSPS) is 14.1. The molecule has 0 spiro atoms. The van der Waals surface area contributed by atoms with Crippen LogP contribution in [0.1, 0.15) is 26.3 Å². The lowest BCUT2D eigenvalue weighted by atomic mass is 9.88. The van der Waals surface area contributed by atoms with Gasteiger partial charge in [-0.3, -0.25) is 4.79 Å². The highest BCUT2D eigenvalue weighted by atomic mass is 32.2. The second kappa shape index (κ2) is 6.55. The molecule has 6 nitrogen and oxygen atoms in total. The van der Waals surface area contributed by atoms with E-state index in [9.17, 15) is 18.3 Å². The second-order valence-electron chi connectivity index (χ2n) is 6.00. The number of benzene rings is 1. The quantitative estimate of drug-likeness (QED) is 0.832. The molecular weight excluding hydrogens is 292 g/mol. The first-order valence-electron chi connectivity index (χ1n) is 6.54. The number of carbonyl (C=O) groups is 1. The molecule has 0 heterocycles. The first kappa shape index (κ1) is 17.6. The molecule has 1 aromatic carbocycles. The van der Waals surface area contributed by atoms with Crippen molar-refractivity contribution >= 4 is 16.2 Å². The summed E-state index contributed by atoms with van der Waals surface area (Å²) in [4.78, 5) is 11.3. The molecule has 0 bridgehead atoms.